The van der Waals surface area contributed by atoms with Crippen molar-refractivity contribution >= 4 is 15.9 Å². The van der Waals surface area contributed by atoms with Crippen molar-refractivity contribution in [2.45, 2.75) is 13.0 Å². The van der Waals surface area contributed by atoms with Crippen LogP contribution in [0.25, 0.3) is 0 Å². The van der Waals surface area contributed by atoms with Crippen molar-refractivity contribution < 1.29 is 0 Å². The van der Waals surface area contributed by atoms with Crippen LogP contribution >= 0.6 is 15.9 Å². The third kappa shape index (κ3) is 1.41. The molecule has 12 heavy (non-hydrogen) atoms. The molecule has 1 saturated heterocycles. The summed E-state index contributed by atoms with van der Waals surface area (Å²) in [5.41, 5.74) is 0. The van der Waals surface area contributed by atoms with Crippen LogP contribution < -0.4 is 5.32 Å². The highest BCUT2D eigenvalue weighted by molar-refractivity contribution is 9.10. The Balaban J connectivity index is 2.19. The van der Waals surface area contributed by atoms with E-state index in [-0.39, 0.29) is 0 Å². The predicted molar refractivity (Wildman–Crippen MR) is 51.0 cm³/mol. The zero-order chi connectivity index (χ0) is 8.55. The third-order valence-electron chi connectivity index (χ3n) is 2.43. The van der Waals surface area contributed by atoms with Gasteiger partial charge in [-0.1, -0.05) is 6.92 Å². The Morgan fingerprint density at radius 1 is 1.67 bits per heavy atom. The standard InChI is InChI=1S/C8H12BrN3/c1-6-2-10-3-7(6)12-4-8(9)11-5-12/h4-7,10H,2-3H2,1H3. The molecule has 1 aromatic rings. The molecule has 0 saturated carbocycles. The summed E-state index contributed by atoms with van der Waals surface area (Å²) < 4.78 is 3.09. The van der Waals surface area contributed by atoms with Gasteiger partial charge in [0.15, 0.2) is 0 Å². The summed E-state index contributed by atoms with van der Waals surface area (Å²) in [6.07, 6.45) is 3.92. The topological polar surface area (TPSA) is 29.9 Å². The summed E-state index contributed by atoms with van der Waals surface area (Å²) in [5, 5.41) is 3.37. The summed E-state index contributed by atoms with van der Waals surface area (Å²) in [7, 11) is 0. The highest BCUT2D eigenvalue weighted by atomic mass is 79.9. The van der Waals surface area contributed by atoms with Gasteiger partial charge >= 0.3 is 0 Å². The molecule has 0 radical (unpaired) electrons. The number of imidazole rings is 1. The zero-order valence-corrected chi connectivity index (χ0v) is 8.58. The molecule has 1 fully saturated rings. The maximum Gasteiger partial charge on any atom is 0.124 e. The fourth-order valence-electron chi connectivity index (χ4n) is 1.69. The monoisotopic (exact) mass is 229 g/mol. The smallest absolute Gasteiger partial charge is 0.124 e. The van der Waals surface area contributed by atoms with Crippen molar-refractivity contribution in [2.24, 2.45) is 5.92 Å². The summed E-state index contributed by atoms with van der Waals surface area (Å²) in [4.78, 5) is 4.15. The molecular formula is C8H12BrN3. The second kappa shape index (κ2) is 3.18. The van der Waals surface area contributed by atoms with Crippen molar-refractivity contribution in [1.29, 1.82) is 0 Å². The molecule has 0 aromatic carbocycles. The van der Waals surface area contributed by atoms with Crippen molar-refractivity contribution in [3.63, 3.8) is 0 Å². The van der Waals surface area contributed by atoms with Gasteiger partial charge in [-0.15, -0.1) is 0 Å². The maximum atomic E-state index is 4.15. The Kier molecular flexibility index (Phi) is 2.19. The lowest BCUT2D eigenvalue weighted by atomic mass is 10.1. The SMILES string of the molecule is CC1CNCC1n1cnc(Br)c1. The summed E-state index contributed by atoms with van der Waals surface area (Å²) >= 11 is 3.35. The van der Waals surface area contributed by atoms with E-state index in [9.17, 15) is 0 Å². The van der Waals surface area contributed by atoms with E-state index in [0.717, 1.165) is 17.7 Å². The van der Waals surface area contributed by atoms with Crippen LogP contribution in [-0.2, 0) is 0 Å². The molecule has 0 bridgehead atoms. The van der Waals surface area contributed by atoms with Crippen molar-refractivity contribution in [2.75, 3.05) is 13.1 Å². The predicted octanol–water partition coefficient (Wildman–Crippen LogP) is 1.43. The number of aromatic nitrogens is 2. The van der Waals surface area contributed by atoms with Gasteiger partial charge in [0.1, 0.15) is 4.60 Å². The first-order valence-electron chi connectivity index (χ1n) is 4.17. The minimum absolute atomic E-state index is 0.573. The number of hydrogen-bond acceptors (Lipinski definition) is 2. The second-order valence-electron chi connectivity index (χ2n) is 3.35. The van der Waals surface area contributed by atoms with Gasteiger partial charge in [0.2, 0.25) is 0 Å². The molecule has 2 atom stereocenters. The lowest BCUT2D eigenvalue weighted by molar-refractivity contribution is 0.437. The average molecular weight is 230 g/mol. The first kappa shape index (κ1) is 8.26. The van der Waals surface area contributed by atoms with E-state index < -0.39 is 0 Å². The van der Waals surface area contributed by atoms with E-state index in [1.54, 1.807) is 0 Å². The van der Waals surface area contributed by atoms with Gasteiger partial charge in [0, 0.05) is 12.7 Å². The molecule has 1 aliphatic rings. The number of nitrogens with one attached hydrogen (secondary N) is 1. The molecule has 1 aliphatic heterocycles. The van der Waals surface area contributed by atoms with E-state index in [1.165, 1.54) is 0 Å². The molecule has 66 valence electrons. The van der Waals surface area contributed by atoms with Crippen LogP contribution in [0.2, 0.25) is 0 Å². The Hall–Kier alpha value is -0.350. The highest BCUT2D eigenvalue weighted by Crippen LogP contribution is 2.22. The average Bonchev–Trinajstić information content (AvgIpc) is 2.58. The number of halogens is 1. The normalized spacial score (nSPS) is 29.5. The van der Waals surface area contributed by atoms with E-state index in [0.29, 0.717) is 12.0 Å². The van der Waals surface area contributed by atoms with Gasteiger partial charge in [-0.05, 0) is 28.4 Å². The highest BCUT2D eigenvalue weighted by Gasteiger charge is 2.24. The number of rotatable bonds is 1. The largest absolute Gasteiger partial charge is 0.332 e. The Morgan fingerprint density at radius 2 is 2.50 bits per heavy atom. The van der Waals surface area contributed by atoms with Crippen molar-refractivity contribution in [3.8, 4) is 0 Å². The van der Waals surface area contributed by atoms with Gasteiger partial charge in [0.25, 0.3) is 0 Å². The molecular weight excluding hydrogens is 218 g/mol. The molecule has 0 aliphatic carbocycles. The van der Waals surface area contributed by atoms with Crippen LogP contribution in [0.15, 0.2) is 17.1 Å². The van der Waals surface area contributed by atoms with E-state index in [2.05, 4.69) is 37.7 Å². The van der Waals surface area contributed by atoms with Gasteiger partial charge in [-0.2, -0.15) is 0 Å². The van der Waals surface area contributed by atoms with Gasteiger partial charge in [0.05, 0.1) is 12.4 Å². The van der Waals surface area contributed by atoms with E-state index in [1.807, 2.05) is 12.5 Å². The van der Waals surface area contributed by atoms with Crippen LogP contribution in [0.5, 0.6) is 0 Å². The molecule has 3 nitrogen and oxygen atoms in total. The maximum absolute atomic E-state index is 4.15. The molecule has 2 rings (SSSR count). The minimum atomic E-state index is 0.573. The van der Waals surface area contributed by atoms with Crippen LogP contribution in [0, 0.1) is 5.92 Å². The fourth-order valence-corrected chi connectivity index (χ4v) is 2.02. The first-order chi connectivity index (χ1) is 5.77. The lowest BCUT2D eigenvalue weighted by Gasteiger charge is -2.14. The number of hydrogen-bond donors (Lipinski definition) is 1. The summed E-state index contributed by atoms with van der Waals surface area (Å²) in [6.45, 7) is 4.43. The van der Waals surface area contributed by atoms with E-state index in [4.69, 9.17) is 0 Å². The summed E-state index contributed by atoms with van der Waals surface area (Å²) in [5.74, 6) is 0.700. The quantitative estimate of drug-likeness (QED) is 0.790. The van der Waals surface area contributed by atoms with Crippen LogP contribution in [0.1, 0.15) is 13.0 Å². The third-order valence-corrected chi connectivity index (χ3v) is 2.84. The Labute approximate surface area is 80.3 Å². The van der Waals surface area contributed by atoms with E-state index >= 15 is 0 Å². The van der Waals surface area contributed by atoms with Crippen LogP contribution in [0.3, 0.4) is 0 Å². The number of nitrogens with zero attached hydrogens (tertiary/aromatic N) is 2. The molecule has 2 heterocycles. The molecule has 4 heteroatoms. The minimum Gasteiger partial charge on any atom is -0.332 e. The van der Waals surface area contributed by atoms with Crippen molar-refractivity contribution in [3.05, 3.63) is 17.1 Å². The molecule has 1 N–H and O–H groups in total. The molecule has 0 amide bonds. The summed E-state index contributed by atoms with van der Waals surface area (Å²) in [6, 6.07) is 0.573. The van der Waals surface area contributed by atoms with Crippen molar-refractivity contribution in [1.82, 2.24) is 14.9 Å². The van der Waals surface area contributed by atoms with Gasteiger partial charge in [-0.25, -0.2) is 4.98 Å². The van der Waals surface area contributed by atoms with Gasteiger partial charge in [-0.3, -0.25) is 0 Å². The van der Waals surface area contributed by atoms with Crippen LogP contribution in [-0.4, -0.2) is 22.6 Å². The molecule has 2 unspecified atom stereocenters. The fraction of sp³-hybridized carbons (Fsp3) is 0.625. The lowest BCUT2D eigenvalue weighted by Crippen LogP contribution is -2.14. The molecule has 1 aromatic heterocycles. The Morgan fingerprint density at radius 3 is 3.00 bits per heavy atom. The zero-order valence-electron chi connectivity index (χ0n) is 7.00. The Bertz CT molecular complexity index is 271. The van der Waals surface area contributed by atoms with Gasteiger partial charge < -0.3 is 9.88 Å². The molecule has 0 spiro atoms. The first-order valence-corrected chi connectivity index (χ1v) is 4.96. The van der Waals surface area contributed by atoms with Crippen LogP contribution in [0.4, 0.5) is 0 Å². The second-order valence-corrected chi connectivity index (χ2v) is 4.16.